The predicted octanol–water partition coefficient (Wildman–Crippen LogP) is 2.94. The third-order valence-electron chi connectivity index (χ3n) is 8.35. The van der Waals surface area contributed by atoms with E-state index in [-0.39, 0.29) is 63.9 Å². The van der Waals surface area contributed by atoms with Gasteiger partial charge < -0.3 is 45.5 Å². The minimum atomic E-state index is -1.51. The second-order valence-corrected chi connectivity index (χ2v) is 10.8. The number of rotatable bonds is 4. The topological polar surface area (TPSA) is 187 Å². The van der Waals surface area contributed by atoms with Crippen molar-refractivity contribution in [3.63, 3.8) is 0 Å². The van der Waals surface area contributed by atoms with E-state index in [4.69, 9.17) is 14.9 Å². The van der Waals surface area contributed by atoms with E-state index in [0.29, 0.717) is 18.5 Å². The summed E-state index contributed by atoms with van der Waals surface area (Å²) in [6.07, 6.45) is -0.363. The van der Waals surface area contributed by atoms with Crippen LogP contribution in [0.1, 0.15) is 53.7 Å². The Morgan fingerprint density at radius 2 is 1.73 bits per heavy atom. The summed E-state index contributed by atoms with van der Waals surface area (Å²) >= 11 is 0. The molecule has 208 valence electrons. The molecular formula is C30H29NO9. The largest absolute Gasteiger partial charge is 0.508 e. The normalized spacial score (nSPS) is 24.6. The summed E-state index contributed by atoms with van der Waals surface area (Å²) < 4.78 is 12.1. The fourth-order valence-electron chi connectivity index (χ4n) is 6.19. The quantitative estimate of drug-likeness (QED) is 0.187. The van der Waals surface area contributed by atoms with Crippen molar-refractivity contribution < 1.29 is 39.8 Å². The van der Waals surface area contributed by atoms with E-state index >= 15 is 0 Å². The molecule has 4 atom stereocenters. The fourth-order valence-corrected chi connectivity index (χ4v) is 6.19. The van der Waals surface area contributed by atoms with E-state index in [2.05, 4.69) is 0 Å². The van der Waals surface area contributed by atoms with E-state index in [0.717, 1.165) is 17.7 Å². The van der Waals surface area contributed by atoms with Crippen LogP contribution in [0.3, 0.4) is 0 Å². The highest BCUT2D eigenvalue weighted by atomic mass is 16.5. The maximum Gasteiger partial charge on any atom is 0.196 e. The Hall–Kier alpha value is -4.25. The number of phenolic OH excluding ortho intramolecular Hbond substituents is 3. The van der Waals surface area contributed by atoms with E-state index in [1.807, 2.05) is 12.1 Å². The van der Waals surface area contributed by atoms with Gasteiger partial charge in [-0.2, -0.15) is 0 Å². The molecule has 4 unspecified atom stereocenters. The van der Waals surface area contributed by atoms with Gasteiger partial charge in [-0.05, 0) is 60.6 Å². The van der Waals surface area contributed by atoms with Crippen molar-refractivity contribution >= 4 is 16.7 Å². The van der Waals surface area contributed by atoms with Gasteiger partial charge >= 0.3 is 0 Å². The monoisotopic (exact) mass is 547 g/mol. The predicted molar refractivity (Wildman–Crippen MR) is 145 cm³/mol. The van der Waals surface area contributed by atoms with Gasteiger partial charge in [0.15, 0.2) is 11.0 Å². The molecule has 1 fully saturated rings. The Kier molecular flexibility index (Phi) is 5.95. The number of nitrogens with two attached hydrogens (primary N) is 1. The van der Waals surface area contributed by atoms with Crippen molar-refractivity contribution in [1.29, 1.82) is 0 Å². The van der Waals surface area contributed by atoms with E-state index in [9.17, 15) is 35.4 Å². The van der Waals surface area contributed by atoms with Crippen molar-refractivity contribution in [3.05, 3.63) is 87.3 Å². The summed E-state index contributed by atoms with van der Waals surface area (Å²) in [4.78, 5) is 13.1. The summed E-state index contributed by atoms with van der Waals surface area (Å²) in [6, 6.07) is 13.4. The SMILES string of the molecule is Nc1ccc(C2CCC3(O)Cc4c(cc5oc(C(O)c6cc(O)cc(O)c6)cc(=O)c5c4O)OC3(CO)C2)cc1. The second kappa shape index (κ2) is 9.16. The van der Waals surface area contributed by atoms with Gasteiger partial charge in [0, 0.05) is 35.9 Å². The van der Waals surface area contributed by atoms with E-state index in [1.165, 1.54) is 18.2 Å². The Balaban J connectivity index is 1.42. The highest BCUT2D eigenvalue weighted by molar-refractivity contribution is 5.87. The Labute approximate surface area is 228 Å². The summed E-state index contributed by atoms with van der Waals surface area (Å²) in [6.45, 7) is -0.489. The van der Waals surface area contributed by atoms with Crippen LogP contribution in [0.5, 0.6) is 23.0 Å². The van der Waals surface area contributed by atoms with E-state index < -0.39 is 35.1 Å². The highest BCUT2D eigenvalue weighted by Crippen LogP contribution is 2.54. The zero-order valence-corrected chi connectivity index (χ0v) is 21.4. The van der Waals surface area contributed by atoms with Crippen LogP contribution in [-0.4, -0.2) is 48.4 Å². The van der Waals surface area contributed by atoms with Crippen LogP contribution < -0.4 is 15.9 Å². The zero-order valence-electron chi connectivity index (χ0n) is 21.4. The van der Waals surface area contributed by atoms with Crippen LogP contribution >= 0.6 is 0 Å². The fraction of sp³-hybridized carbons (Fsp3) is 0.300. The molecule has 1 aliphatic heterocycles. The zero-order chi connectivity index (χ0) is 28.4. The van der Waals surface area contributed by atoms with Crippen molar-refractivity contribution in [2.24, 2.45) is 0 Å². The van der Waals surface area contributed by atoms with Crippen molar-refractivity contribution in [2.45, 2.75) is 48.9 Å². The number of fused-ring (bicyclic) bond motifs is 3. The molecule has 3 aromatic carbocycles. The smallest absolute Gasteiger partial charge is 0.196 e. The standard InChI is InChI=1S/C30H29NO9/c31-18-3-1-15(2-4-18)16-5-6-29(38)13-21-23(40-30(29,12-16)14-32)11-24-26(28(21)37)22(35)10-25(39-24)27(36)17-7-19(33)9-20(34)8-17/h1-4,7-11,16,27,32-34,36-38H,5-6,12-14,31H2. The number of aliphatic hydroxyl groups excluding tert-OH is 2. The van der Waals surface area contributed by atoms with Crippen LogP contribution in [0.15, 0.2) is 63.8 Å². The number of ether oxygens (including phenoxy) is 1. The maximum absolute atomic E-state index is 13.1. The number of anilines is 1. The molecule has 0 saturated heterocycles. The summed E-state index contributed by atoms with van der Waals surface area (Å²) in [5, 5.41) is 63.8. The average Bonchev–Trinajstić information content (AvgIpc) is 2.91. The molecule has 1 aliphatic carbocycles. The number of hydrogen-bond donors (Lipinski definition) is 7. The Morgan fingerprint density at radius 1 is 1.02 bits per heavy atom. The first kappa shape index (κ1) is 26.0. The van der Waals surface area contributed by atoms with Crippen LogP contribution in [0.25, 0.3) is 11.0 Å². The summed E-state index contributed by atoms with van der Waals surface area (Å²) in [7, 11) is 0. The highest BCUT2D eigenvalue weighted by Gasteiger charge is 2.59. The van der Waals surface area contributed by atoms with Gasteiger partial charge in [0.05, 0.1) is 6.61 Å². The van der Waals surface area contributed by atoms with Crippen molar-refractivity contribution in [3.8, 4) is 23.0 Å². The molecule has 10 nitrogen and oxygen atoms in total. The Morgan fingerprint density at radius 3 is 2.40 bits per heavy atom. The van der Waals surface area contributed by atoms with Crippen LogP contribution in [0.2, 0.25) is 0 Å². The number of phenols is 3. The van der Waals surface area contributed by atoms with Crippen LogP contribution in [-0.2, 0) is 6.42 Å². The minimum absolute atomic E-state index is 0.0259. The molecule has 0 radical (unpaired) electrons. The lowest BCUT2D eigenvalue weighted by molar-refractivity contribution is -0.191. The molecule has 8 N–H and O–H groups in total. The summed E-state index contributed by atoms with van der Waals surface area (Å²) in [5.41, 5.74) is 4.17. The maximum atomic E-state index is 13.1. The molecule has 40 heavy (non-hydrogen) atoms. The lowest BCUT2D eigenvalue weighted by Crippen LogP contribution is -2.66. The molecule has 6 rings (SSSR count). The van der Waals surface area contributed by atoms with E-state index in [1.54, 1.807) is 12.1 Å². The van der Waals surface area contributed by atoms with Gasteiger partial charge in [-0.15, -0.1) is 0 Å². The number of nitrogen functional groups attached to an aromatic ring is 1. The second-order valence-electron chi connectivity index (χ2n) is 10.8. The van der Waals surface area contributed by atoms with Crippen LogP contribution in [0.4, 0.5) is 5.69 Å². The van der Waals surface area contributed by atoms with Gasteiger partial charge in [-0.3, -0.25) is 4.79 Å². The lowest BCUT2D eigenvalue weighted by atomic mass is 9.63. The van der Waals surface area contributed by atoms with Gasteiger partial charge in [-0.25, -0.2) is 0 Å². The number of aliphatic hydroxyl groups is 3. The first-order valence-electron chi connectivity index (χ1n) is 12.9. The van der Waals surface area contributed by atoms with Crippen molar-refractivity contribution in [1.82, 2.24) is 0 Å². The molecule has 1 aromatic heterocycles. The number of aromatic hydroxyl groups is 3. The first-order valence-corrected chi connectivity index (χ1v) is 12.9. The average molecular weight is 548 g/mol. The third kappa shape index (κ3) is 4.03. The lowest BCUT2D eigenvalue weighted by Gasteiger charge is -2.54. The number of benzene rings is 3. The minimum Gasteiger partial charge on any atom is -0.508 e. The van der Waals surface area contributed by atoms with Crippen LogP contribution in [0, 0.1) is 0 Å². The first-order chi connectivity index (χ1) is 19.0. The van der Waals surface area contributed by atoms with Crippen molar-refractivity contribution in [2.75, 3.05) is 12.3 Å². The molecule has 4 aromatic rings. The molecule has 0 amide bonds. The molecular weight excluding hydrogens is 518 g/mol. The van der Waals surface area contributed by atoms with Gasteiger partial charge in [0.1, 0.15) is 51.4 Å². The third-order valence-corrected chi connectivity index (χ3v) is 8.35. The van der Waals surface area contributed by atoms with Gasteiger partial charge in [-0.1, -0.05) is 12.1 Å². The molecule has 10 heteroatoms. The molecule has 0 spiro atoms. The number of hydrogen-bond acceptors (Lipinski definition) is 10. The Bertz CT molecular complexity index is 1660. The van der Waals surface area contributed by atoms with Gasteiger partial charge in [0.25, 0.3) is 0 Å². The molecule has 0 bridgehead atoms. The molecule has 2 aliphatic rings. The van der Waals surface area contributed by atoms with Gasteiger partial charge in [0.2, 0.25) is 0 Å². The molecule has 1 saturated carbocycles. The molecule has 2 heterocycles. The summed E-state index contributed by atoms with van der Waals surface area (Å²) in [5.74, 6) is -1.05.